The largest absolute Gasteiger partial charge is 0.392 e. The Balaban J connectivity index is 2.87. The molecule has 0 aliphatic rings. The third-order valence-corrected chi connectivity index (χ3v) is 3.18. The highest BCUT2D eigenvalue weighted by atomic mass is 79.9. The number of alkyl halides is 1. The van der Waals surface area contributed by atoms with E-state index in [0.29, 0.717) is 27.9 Å². The van der Waals surface area contributed by atoms with Crippen LogP contribution in [0, 0.1) is 0 Å². The number of hydrogen-bond donors (Lipinski definition) is 3. The van der Waals surface area contributed by atoms with Crippen LogP contribution in [0.25, 0.3) is 0 Å². The highest BCUT2D eigenvalue weighted by Gasteiger charge is 2.18. The van der Waals surface area contributed by atoms with Gasteiger partial charge in [-0.05, 0) is 29.7 Å². The van der Waals surface area contributed by atoms with E-state index >= 15 is 0 Å². The molecule has 3 nitrogen and oxygen atoms in total. The van der Waals surface area contributed by atoms with Gasteiger partial charge in [0.2, 0.25) is 0 Å². The van der Waals surface area contributed by atoms with Gasteiger partial charge in [0.15, 0.2) is 0 Å². The van der Waals surface area contributed by atoms with Crippen molar-refractivity contribution in [3.63, 3.8) is 0 Å². The van der Waals surface area contributed by atoms with E-state index in [9.17, 15) is 10.2 Å². The minimum Gasteiger partial charge on any atom is -0.392 e. The Bertz CT molecular complexity index is 346. The lowest BCUT2D eigenvalue weighted by atomic mass is 10.0. The van der Waals surface area contributed by atoms with Gasteiger partial charge in [-0.3, -0.25) is 0 Å². The van der Waals surface area contributed by atoms with Gasteiger partial charge in [0.05, 0.1) is 12.7 Å². The number of halogens is 2. The third-order valence-electron chi connectivity index (χ3n) is 2.35. The SMILES string of the molecule is OCc1cc(C(O)C(O)CCBr)ccc1Cl. The predicted octanol–water partition coefficient (Wildman–Crippen LogP) is 2.01. The fourth-order valence-corrected chi connectivity index (χ4v) is 2.04. The van der Waals surface area contributed by atoms with E-state index < -0.39 is 12.2 Å². The molecular weight excluding hydrogens is 295 g/mol. The standard InChI is InChI=1S/C11H14BrClO3/c12-4-3-10(15)11(16)7-1-2-9(13)8(5-7)6-14/h1-2,5,10-11,14-16H,3-4,6H2. The average molecular weight is 310 g/mol. The summed E-state index contributed by atoms with van der Waals surface area (Å²) in [6.07, 6.45) is -1.33. The molecular formula is C11H14BrClO3. The van der Waals surface area contributed by atoms with Gasteiger partial charge in [-0.25, -0.2) is 0 Å². The Hall–Kier alpha value is -0.130. The highest BCUT2D eigenvalue weighted by Crippen LogP contribution is 2.24. The van der Waals surface area contributed by atoms with E-state index in [1.807, 2.05) is 0 Å². The lowest BCUT2D eigenvalue weighted by molar-refractivity contribution is 0.0173. The maximum absolute atomic E-state index is 9.84. The Labute approximate surface area is 108 Å². The van der Waals surface area contributed by atoms with Crippen LogP contribution in [0.15, 0.2) is 18.2 Å². The van der Waals surface area contributed by atoms with Crippen molar-refractivity contribution in [3.05, 3.63) is 34.3 Å². The lowest BCUT2D eigenvalue weighted by Gasteiger charge is -2.18. The first kappa shape index (κ1) is 13.9. The van der Waals surface area contributed by atoms with Crippen LogP contribution in [0.5, 0.6) is 0 Å². The molecule has 2 unspecified atom stereocenters. The summed E-state index contributed by atoms with van der Waals surface area (Å²) < 4.78 is 0. The van der Waals surface area contributed by atoms with Gasteiger partial charge < -0.3 is 15.3 Å². The summed E-state index contributed by atoms with van der Waals surface area (Å²) in [7, 11) is 0. The van der Waals surface area contributed by atoms with E-state index in [1.54, 1.807) is 18.2 Å². The topological polar surface area (TPSA) is 60.7 Å². The molecule has 0 aliphatic carbocycles. The van der Waals surface area contributed by atoms with E-state index in [4.69, 9.17) is 16.7 Å². The van der Waals surface area contributed by atoms with Crippen molar-refractivity contribution in [2.24, 2.45) is 0 Å². The smallest absolute Gasteiger partial charge is 0.105 e. The molecule has 0 amide bonds. The predicted molar refractivity (Wildman–Crippen MR) is 66.8 cm³/mol. The summed E-state index contributed by atoms with van der Waals surface area (Å²) in [6, 6.07) is 4.85. The molecule has 0 bridgehead atoms. The second-order valence-corrected chi connectivity index (χ2v) is 4.70. The molecule has 0 saturated carbocycles. The van der Waals surface area contributed by atoms with Crippen LogP contribution in [0.2, 0.25) is 5.02 Å². The van der Waals surface area contributed by atoms with Crippen LogP contribution in [0.1, 0.15) is 23.7 Å². The number of benzene rings is 1. The molecule has 90 valence electrons. The molecule has 16 heavy (non-hydrogen) atoms. The highest BCUT2D eigenvalue weighted by molar-refractivity contribution is 9.09. The minimum absolute atomic E-state index is 0.187. The zero-order valence-corrected chi connectivity index (χ0v) is 10.9. The monoisotopic (exact) mass is 308 g/mol. The summed E-state index contributed by atoms with van der Waals surface area (Å²) in [5.41, 5.74) is 1.10. The van der Waals surface area contributed by atoms with Gasteiger partial charge in [-0.2, -0.15) is 0 Å². The van der Waals surface area contributed by atoms with Crippen LogP contribution in [0.4, 0.5) is 0 Å². The second kappa shape index (κ2) is 6.57. The van der Waals surface area contributed by atoms with Crippen molar-refractivity contribution in [2.45, 2.75) is 25.2 Å². The van der Waals surface area contributed by atoms with Crippen molar-refractivity contribution in [2.75, 3.05) is 5.33 Å². The first-order chi connectivity index (χ1) is 7.60. The zero-order valence-electron chi connectivity index (χ0n) is 8.61. The molecule has 0 aromatic heterocycles. The van der Waals surface area contributed by atoms with Gasteiger partial charge in [-0.15, -0.1) is 0 Å². The van der Waals surface area contributed by atoms with Crippen LogP contribution in [-0.2, 0) is 6.61 Å². The molecule has 3 N–H and O–H groups in total. The molecule has 5 heteroatoms. The maximum atomic E-state index is 9.84. The first-order valence-electron chi connectivity index (χ1n) is 4.91. The molecule has 1 aromatic rings. The van der Waals surface area contributed by atoms with E-state index in [2.05, 4.69) is 15.9 Å². The normalized spacial score (nSPS) is 14.8. The fraction of sp³-hybridized carbons (Fsp3) is 0.455. The first-order valence-corrected chi connectivity index (χ1v) is 6.41. The molecule has 0 radical (unpaired) electrons. The average Bonchev–Trinajstić information content (AvgIpc) is 2.29. The van der Waals surface area contributed by atoms with Crippen LogP contribution in [0.3, 0.4) is 0 Å². The number of rotatable bonds is 5. The van der Waals surface area contributed by atoms with Crippen molar-refractivity contribution in [1.29, 1.82) is 0 Å². The molecule has 1 aromatic carbocycles. The van der Waals surface area contributed by atoms with Gasteiger partial charge in [0.25, 0.3) is 0 Å². The maximum Gasteiger partial charge on any atom is 0.105 e. The third kappa shape index (κ3) is 3.43. The summed E-state index contributed by atoms with van der Waals surface area (Å²) in [6.45, 7) is -0.187. The summed E-state index contributed by atoms with van der Waals surface area (Å²) >= 11 is 9.03. The van der Waals surface area contributed by atoms with Gasteiger partial charge >= 0.3 is 0 Å². The number of hydrogen-bond acceptors (Lipinski definition) is 3. The van der Waals surface area contributed by atoms with Crippen LogP contribution in [-0.4, -0.2) is 26.8 Å². The Morgan fingerprint density at radius 3 is 2.56 bits per heavy atom. The minimum atomic E-state index is -0.958. The van der Waals surface area contributed by atoms with Crippen molar-refractivity contribution in [1.82, 2.24) is 0 Å². The van der Waals surface area contributed by atoms with Crippen molar-refractivity contribution < 1.29 is 15.3 Å². The van der Waals surface area contributed by atoms with E-state index in [-0.39, 0.29) is 6.61 Å². The van der Waals surface area contributed by atoms with Crippen LogP contribution >= 0.6 is 27.5 Å². The molecule has 0 heterocycles. The molecule has 0 aliphatic heterocycles. The molecule has 0 saturated heterocycles. The van der Waals surface area contributed by atoms with Crippen LogP contribution < -0.4 is 0 Å². The zero-order chi connectivity index (χ0) is 12.1. The fourth-order valence-electron chi connectivity index (χ4n) is 1.39. The summed E-state index contributed by atoms with van der Waals surface area (Å²) in [4.78, 5) is 0. The summed E-state index contributed by atoms with van der Waals surface area (Å²) in [5.74, 6) is 0. The van der Waals surface area contributed by atoms with Gasteiger partial charge in [0.1, 0.15) is 6.10 Å². The number of aliphatic hydroxyl groups excluding tert-OH is 3. The lowest BCUT2D eigenvalue weighted by Crippen LogP contribution is -2.18. The second-order valence-electron chi connectivity index (χ2n) is 3.50. The van der Waals surface area contributed by atoms with Crippen molar-refractivity contribution >= 4 is 27.5 Å². The van der Waals surface area contributed by atoms with Gasteiger partial charge in [-0.1, -0.05) is 33.6 Å². The molecule has 1 rings (SSSR count). The summed E-state index contributed by atoms with van der Waals surface area (Å²) in [5, 5.41) is 29.6. The quantitative estimate of drug-likeness (QED) is 0.729. The Morgan fingerprint density at radius 1 is 1.31 bits per heavy atom. The van der Waals surface area contributed by atoms with Gasteiger partial charge in [0, 0.05) is 10.4 Å². The Kier molecular flexibility index (Phi) is 5.72. The van der Waals surface area contributed by atoms with E-state index in [0.717, 1.165) is 0 Å². The molecule has 0 spiro atoms. The number of aliphatic hydroxyl groups is 3. The molecule has 2 atom stereocenters. The molecule has 0 fully saturated rings. The Morgan fingerprint density at radius 2 is 2.00 bits per heavy atom. The van der Waals surface area contributed by atoms with Crippen molar-refractivity contribution in [3.8, 4) is 0 Å². The van der Waals surface area contributed by atoms with E-state index in [1.165, 1.54) is 0 Å².